The number of halogens is 5. The molecular formula is C19H13Cl2F3N4O3. The first kappa shape index (κ1) is 22.6. The topological polar surface area (TPSA) is 97.1 Å². The van der Waals surface area contributed by atoms with Gasteiger partial charge in [0.05, 0.1) is 28.0 Å². The molecule has 1 aliphatic heterocycles. The molecule has 0 radical (unpaired) electrons. The summed E-state index contributed by atoms with van der Waals surface area (Å²) in [7, 11) is 0. The Balaban J connectivity index is 0.000000339. The number of carboxylic acids is 1. The predicted octanol–water partition coefficient (Wildman–Crippen LogP) is 4.30. The van der Waals surface area contributed by atoms with Crippen LogP contribution in [0.5, 0.6) is 0 Å². The zero-order valence-corrected chi connectivity index (χ0v) is 17.0. The molecule has 1 aromatic carbocycles. The third kappa shape index (κ3) is 5.33. The van der Waals surface area contributed by atoms with Crippen molar-refractivity contribution < 1.29 is 27.9 Å². The highest BCUT2D eigenvalue weighted by molar-refractivity contribution is 6.42. The number of benzene rings is 1. The maximum atomic E-state index is 11.9. The SMILES string of the molecule is O=C(O)C(F)(F)F.O=C1NCCn2nc(-c3ccnc(-c4ccc(Cl)c(Cl)c4)c3)cc21. The molecular weight excluding hydrogens is 460 g/mol. The second-order valence-corrected chi connectivity index (χ2v) is 7.07. The van der Waals surface area contributed by atoms with E-state index in [0.29, 0.717) is 28.8 Å². The minimum Gasteiger partial charge on any atom is -0.475 e. The number of carbonyl (C=O) groups excluding carboxylic acids is 1. The van der Waals surface area contributed by atoms with Crippen LogP contribution in [0.3, 0.4) is 0 Å². The summed E-state index contributed by atoms with van der Waals surface area (Å²) in [4.78, 5) is 25.2. The summed E-state index contributed by atoms with van der Waals surface area (Å²) < 4.78 is 33.5. The highest BCUT2D eigenvalue weighted by atomic mass is 35.5. The zero-order valence-electron chi connectivity index (χ0n) is 15.5. The van der Waals surface area contributed by atoms with Crippen LogP contribution in [0, 0.1) is 0 Å². The number of fused-ring (bicyclic) bond motifs is 1. The number of nitrogens with zero attached hydrogens (tertiary/aromatic N) is 3. The monoisotopic (exact) mass is 472 g/mol. The Morgan fingerprint density at radius 1 is 1.06 bits per heavy atom. The Bertz CT molecular complexity index is 1150. The van der Waals surface area contributed by atoms with E-state index in [1.165, 1.54) is 0 Å². The molecule has 1 amide bonds. The fraction of sp³-hybridized carbons (Fsp3) is 0.158. The second-order valence-electron chi connectivity index (χ2n) is 6.26. The van der Waals surface area contributed by atoms with Crippen molar-refractivity contribution in [3.05, 3.63) is 58.3 Å². The van der Waals surface area contributed by atoms with Crippen LogP contribution in [0.1, 0.15) is 10.5 Å². The maximum absolute atomic E-state index is 11.9. The van der Waals surface area contributed by atoms with Gasteiger partial charge in [-0.15, -0.1) is 0 Å². The van der Waals surface area contributed by atoms with E-state index in [9.17, 15) is 18.0 Å². The van der Waals surface area contributed by atoms with Crippen LogP contribution >= 0.6 is 23.2 Å². The van der Waals surface area contributed by atoms with E-state index in [-0.39, 0.29) is 5.91 Å². The molecule has 31 heavy (non-hydrogen) atoms. The highest BCUT2D eigenvalue weighted by Gasteiger charge is 2.38. The van der Waals surface area contributed by atoms with Gasteiger partial charge in [0.15, 0.2) is 0 Å². The summed E-state index contributed by atoms with van der Waals surface area (Å²) in [5.41, 5.74) is 3.84. The number of nitrogens with one attached hydrogen (secondary N) is 1. The Labute approximate surface area is 183 Å². The van der Waals surface area contributed by atoms with Crippen LogP contribution in [0.4, 0.5) is 13.2 Å². The number of pyridine rings is 1. The number of aromatic nitrogens is 3. The number of aliphatic carboxylic acids is 1. The number of carbonyl (C=O) groups is 2. The molecule has 0 aliphatic carbocycles. The van der Waals surface area contributed by atoms with Crippen molar-refractivity contribution >= 4 is 35.1 Å². The molecule has 0 fully saturated rings. The van der Waals surface area contributed by atoms with Gasteiger partial charge in [-0.25, -0.2) is 4.79 Å². The van der Waals surface area contributed by atoms with Gasteiger partial charge >= 0.3 is 12.1 Å². The fourth-order valence-electron chi connectivity index (χ4n) is 2.68. The molecule has 0 bridgehead atoms. The molecule has 0 spiro atoms. The average molecular weight is 473 g/mol. The lowest BCUT2D eigenvalue weighted by molar-refractivity contribution is -0.192. The molecule has 3 heterocycles. The Morgan fingerprint density at radius 3 is 2.35 bits per heavy atom. The van der Waals surface area contributed by atoms with E-state index in [2.05, 4.69) is 15.4 Å². The molecule has 0 saturated carbocycles. The molecule has 12 heteroatoms. The largest absolute Gasteiger partial charge is 0.490 e. The summed E-state index contributed by atoms with van der Waals surface area (Å²) in [5.74, 6) is -2.86. The van der Waals surface area contributed by atoms with Crippen LogP contribution in [-0.4, -0.2) is 44.5 Å². The molecule has 162 valence electrons. The van der Waals surface area contributed by atoms with Gasteiger partial charge < -0.3 is 10.4 Å². The number of rotatable bonds is 2. The van der Waals surface area contributed by atoms with E-state index in [1.807, 2.05) is 18.2 Å². The van der Waals surface area contributed by atoms with Crippen LogP contribution in [0.25, 0.3) is 22.5 Å². The number of alkyl halides is 3. The number of hydrogen-bond donors (Lipinski definition) is 2. The smallest absolute Gasteiger partial charge is 0.475 e. The molecule has 7 nitrogen and oxygen atoms in total. The molecule has 4 rings (SSSR count). The molecule has 2 N–H and O–H groups in total. The first-order chi connectivity index (χ1) is 14.6. The zero-order chi connectivity index (χ0) is 22.8. The van der Waals surface area contributed by atoms with Crippen LogP contribution < -0.4 is 5.32 Å². The summed E-state index contributed by atoms with van der Waals surface area (Å²) in [6, 6.07) is 11.0. The van der Waals surface area contributed by atoms with E-state index >= 15 is 0 Å². The first-order valence-corrected chi connectivity index (χ1v) is 9.40. The van der Waals surface area contributed by atoms with Gasteiger partial charge in [-0.2, -0.15) is 18.3 Å². The minimum atomic E-state index is -5.08. The maximum Gasteiger partial charge on any atom is 0.490 e. The van der Waals surface area contributed by atoms with Gasteiger partial charge in [0.1, 0.15) is 5.69 Å². The van der Waals surface area contributed by atoms with Gasteiger partial charge in [0.2, 0.25) is 0 Å². The van der Waals surface area contributed by atoms with E-state index in [4.69, 9.17) is 33.1 Å². The molecule has 1 aliphatic rings. The normalized spacial score (nSPS) is 13.0. The third-order valence-corrected chi connectivity index (χ3v) is 4.87. The van der Waals surface area contributed by atoms with Crippen molar-refractivity contribution in [2.45, 2.75) is 12.7 Å². The van der Waals surface area contributed by atoms with Gasteiger partial charge in [0, 0.05) is 23.9 Å². The van der Waals surface area contributed by atoms with Crippen LogP contribution in [0.15, 0.2) is 42.6 Å². The van der Waals surface area contributed by atoms with Crippen molar-refractivity contribution in [1.29, 1.82) is 0 Å². The van der Waals surface area contributed by atoms with Crippen LogP contribution in [-0.2, 0) is 11.3 Å². The van der Waals surface area contributed by atoms with E-state index in [1.54, 1.807) is 29.1 Å². The molecule has 3 aromatic rings. The van der Waals surface area contributed by atoms with Gasteiger partial charge in [0.25, 0.3) is 5.91 Å². The van der Waals surface area contributed by atoms with Gasteiger partial charge in [-0.3, -0.25) is 14.5 Å². The molecule has 0 atom stereocenters. The van der Waals surface area contributed by atoms with Gasteiger partial charge in [-0.05, 0) is 30.3 Å². The Morgan fingerprint density at radius 2 is 1.74 bits per heavy atom. The quantitative estimate of drug-likeness (QED) is 0.579. The van der Waals surface area contributed by atoms with Gasteiger partial charge in [-0.1, -0.05) is 29.3 Å². The van der Waals surface area contributed by atoms with Crippen molar-refractivity contribution in [1.82, 2.24) is 20.1 Å². The lowest BCUT2D eigenvalue weighted by Gasteiger charge is -2.13. The first-order valence-electron chi connectivity index (χ1n) is 8.64. The summed E-state index contributed by atoms with van der Waals surface area (Å²) in [6.45, 7) is 1.27. The van der Waals surface area contributed by atoms with Crippen molar-refractivity contribution in [3.8, 4) is 22.5 Å². The Kier molecular flexibility index (Phi) is 6.51. The second kappa shape index (κ2) is 8.94. The van der Waals surface area contributed by atoms with Crippen molar-refractivity contribution in [3.63, 3.8) is 0 Å². The van der Waals surface area contributed by atoms with Crippen molar-refractivity contribution in [2.24, 2.45) is 0 Å². The summed E-state index contributed by atoms with van der Waals surface area (Å²) >= 11 is 12.0. The fourth-order valence-corrected chi connectivity index (χ4v) is 2.98. The molecule has 0 unspecified atom stereocenters. The molecule has 0 saturated heterocycles. The average Bonchev–Trinajstić information content (AvgIpc) is 3.16. The lowest BCUT2D eigenvalue weighted by Crippen LogP contribution is -2.35. The third-order valence-electron chi connectivity index (χ3n) is 4.14. The predicted molar refractivity (Wildman–Crippen MR) is 107 cm³/mol. The number of amides is 1. The number of hydrogen-bond acceptors (Lipinski definition) is 4. The number of carboxylic acid groups (broad SMARTS) is 1. The van der Waals surface area contributed by atoms with Crippen LogP contribution in [0.2, 0.25) is 10.0 Å². The summed E-state index contributed by atoms with van der Waals surface area (Å²) in [5, 5.41) is 15.4. The lowest BCUT2D eigenvalue weighted by atomic mass is 10.1. The van der Waals surface area contributed by atoms with Crippen molar-refractivity contribution in [2.75, 3.05) is 6.54 Å². The minimum absolute atomic E-state index is 0.0984. The Hall–Kier alpha value is -3.11. The standard InChI is InChI=1S/C17H12Cl2N4O.C2HF3O2/c18-12-2-1-10(7-13(12)19)14-8-11(3-4-20-14)15-9-16-17(24)21-5-6-23(16)22-15;3-2(4,5)1(6)7/h1-4,7-9H,5-6H2,(H,21,24);(H,6,7). The summed E-state index contributed by atoms with van der Waals surface area (Å²) in [6.07, 6.45) is -3.37. The van der Waals surface area contributed by atoms with E-state index < -0.39 is 12.1 Å². The molecule has 2 aromatic heterocycles. The highest BCUT2D eigenvalue weighted by Crippen LogP contribution is 2.29. The van der Waals surface area contributed by atoms with E-state index in [0.717, 1.165) is 22.5 Å².